The number of hydrogen-bond donors (Lipinski definition) is 1. The molecular weight excluding hydrogens is 395 g/mol. The number of hydrogen-bond acceptors (Lipinski definition) is 7. The molecule has 4 rings (SSSR count). The lowest BCUT2D eigenvalue weighted by Crippen LogP contribution is -2.39. The molecular formula is C20H23FN4O3S. The monoisotopic (exact) mass is 418 g/mol. The average Bonchev–Trinajstić information content (AvgIpc) is 3.27. The van der Waals surface area contributed by atoms with Gasteiger partial charge in [-0.2, -0.15) is 4.52 Å². The quantitative estimate of drug-likeness (QED) is 0.641. The second-order valence-electron chi connectivity index (χ2n) is 7.16. The molecule has 0 saturated carbocycles. The molecule has 1 aliphatic rings. The largest absolute Gasteiger partial charge is 0.492 e. The molecule has 0 spiro atoms. The van der Waals surface area contributed by atoms with Crippen LogP contribution in [0.4, 0.5) is 4.39 Å². The van der Waals surface area contributed by atoms with Gasteiger partial charge in [-0.3, -0.25) is 9.69 Å². The number of methoxy groups -OCH3 is 1. The summed E-state index contributed by atoms with van der Waals surface area (Å²) in [7, 11) is 1.40. The second-order valence-corrected chi connectivity index (χ2v) is 8.17. The van der Waals surface area contributed by atoms with Crippen molar-refractivity contribution in [2.45, 2.75) is 32.2 Å². The number of aryl methyl sites for hydroxylation is 1. The summed E-state index contributed by atoms with van der Waals surface area (Å²) in [5.74, 6) is 0.0399. The number of halogens is 1. The van der Waals surface area contributed by atoms with Gasteiger partial charge < -0.3 is 9.84 Å². The molecule has 1 fully saturated rings. The maximum absolute atomic E-state index is 14.0. The maximum atomic E-state index is 14.0. The molecule has 0 bridgehead atoms. The Bertz CT molecular complexity index is 1030. The van der Waals surface area contributed by atoms with Crippen LogP contribution >= 0.6 is 11.3 Å². The lowest BCUT2D eigenvalue weighted by Gasteiger charge is -2.36. The van der Waals surface area contributed by atoms with E-state index < -0.39 is 0 Å². The summed E-state index contributed by atoms with van der Waals surface area (Å²) in [4.78, 5) is 19.8. The predicted molar refractivity (Wildman–Crippen MR) is 106 cm³/mol. The first kappa shape index (κ1) is 19.8. The molecule has 0 amide bonds. The molecule has 1 atom stereocenters. The van der Waals surface area contributed by atoms with E-state index in [2.05, 4.69) is 15.0 Å². The van der Waals surface area contributed by atoms with Crippen molar-refractivity contribution in [3.63, 3.8) is 0 Å². The molecule has 1 N–H and O–H groups in total. The zero-order valence-electron chi connectivity index (χ0n) is 16.3. The van der Waals surface area contributed by atoms with Gasteiger partial charge in [-0.05, 0) is 43.6 Å². The summed E-state index contributed by atoms with van der Waals surface area (Å²) in [6, 6.07) is 6.07. The highest BCUT2D eigenvalue weighted by Gasteiger charge is 2.34. The lowest BCUT2D eigenvalue weighted by molar-refractivity contribution is -0.147. The number of ether oxygens (including phenoxy) is 1. The van der Waals surface area contributed by atoms with Crippen LogP contribution in [0.5, 0.6) is 5.88 Å². The molecule has 0 unspecified atom stereocenters. The molecule has 1 aliphatic heterocycles. The summed E-state index contributed by atoms with van der Waals surface area (Å²) in [5, 5.41) is 15.2. The van der Waals surface area contributed by atoms with Crippen molar-refractivity contribution in [1.29, 1.82) is 0 Å². The van der Waals surface area contributed by atoms with Crippen LogP contribution in [0.2, 0.25) is 0 Å². The molecule has 1 aromatic carbocycles. The molecule has 0 aliphatic carbocycles. The Labute approximate surface area is 171 Å². The predicted octanol–water partition coefficient (Wildman–Crippen LogP) is 3.17. The summed E-state index contributed by atoms with van der Waals surface area (Å²) >= 11 is 1.36. The van der Waals surface area contributed by atoms with E-state index in [1.165, 1.54) is 35.1 Å². The lowest BCUT2D eigenvalue weighted by atomic mass is 9.93. The van der Waals surface area contributed by atoms with Gasteiger partial charge in [0.05, 0.1) is 23.9 Å². The molecule has 29 heavy (non-hydrogen) atoms. The van der Waals surface area contributed by atoms with Crippen LogP contribution in [-0.4, -0.2) is 50.8 Å². The number of benzene rings is 1. The Morgan fingerprint density at radius 3 is 2.79 bits per heavy atom. The van der Waals surface area contributed by atoms with Crippen LogP contribution in [0.25, 0.3) is 4.96 Å². The third-order valence-electron chi connectivity index (χ3n) is 5.40. The zero-order valence-corrected chi connectivity index (χ0v) is 17.2. The number of nitrogens with zero attached hydrogens (tertiary/aromatic N) is 4. The Balaban J connectivity index is 1.71. The highest BCUT2D eigenvalue weighted by molar-refractivity contribution is 7.17. The van der Waals surface area contributed by atoms with Gasteiger partial charge in [-0.15, -0.1) is 5.10 Å². The van der Waals surface area contributed by atoms with E-state index >= 15 is 0 Å². The number of aromatic hydroxyl groups is 1. The zero-order chi connectivity index (χ0) is 20.5. The van der Waals surface area contributed by atoms with Crippen molar-refractivity contribution in [2.24, 2.45) is 5.92 Å². The van der Waals surface area contributed by atoms with E-state index in [9.17, 15) is 14.3 Å². The van der Waals surface area contributed by atoms with Crippen LogP contribution in [-0.2, 0) is 16.0 Å². The van der Waals surface area contributed by atoms with Crippen molar-refractivity contribution >= 4 is 22.3 Å². The van der Waals surface area contributed by atoms with Gasteiger partial charge in [0.1, 0.15) is 5.82 Å². The number of likely N-dealkylation sites (tertiary alicyclic amines) is 1. The smallest absolute Gasteiger partial charge is 0.308 e. The SMILES string of the molecule is CCc1nc2sc([C@H](c3cccc(F)c3)N3CCC(C(=O)OC)CC3)c(O)n2n1. The van der Waals surface area contributed by atoms with Gasteiger partial charge in [-0.25, -0.2) is 9.37 Å². The van der Waals surface area contributed by atoms with Crippen molar-refractivity contribution < 1.29 is 19.0 Å². The number of piperidine rings is 1. The summed E-state index contributed by atoms with van der Waals surface area (Å²) in [5.41, 5.74) is 0.747. The van der Waals surface area contributed by atoms with E-state index in [1.807, 2.05) is 13.0 Å². The van der Waals surface area contributed by atoms with E-state index in [-0.39, 0.29) is 29.6 Å². The van der Waals surface area contributed by atoms with E-state index in [0.29, 0.717) is 48.0 Å². The van der Waals surface area contributed by atoms with Crippen LogP contribution in [0.3, 0.4) is 0 Å². The molecule has 154 valence electrons. The van der Waals surface area contributed by atoms with Gasteiger partial charge in [0.2, 0.25) is 10.8 Å². The Kier molecular flexibility index (Phi) is 5.51. The Hall–Kier alpha value is -2.52. The van der Waals surface area contributed by atoms with Gasteiger partial charge in [-0.1, -0.05) is 30.4 Å². The molecule has 0 radical (unpaired) electrons. The van der Waals surface area contributed by atoms with Crippen LogP contribution in [0.15, 0.2) is 24.3 Å². The van der Waals surface area contributed by atoms with E-state index in [1.54, 1.807) is 6.07 Å². The minimum absolute atomic E-state index is 0.0292. The van der Waals surface area contributed by atoms with Crippen LogP contribution < -0.4 is 0 Å². The normalized spacial score (nSPS) is 16.9. The standard InChI is InChI=1S/C20H23FN4O3S/c1-3-15-22-20-25(23-15)18(26)17(29-20)16(13-5-4-6-14(21)11-13)24-9-7-12(8-10-24)19(27)28-2/h4-6,11-12,16,26H,3,7-10H2,1-2H3/t16-/m0/s1. The number of carbonyl (C=O) groups excluding carboxylic acids is 1. The van der Waals surface area contributed by atoms with Gasteiger partial charge >= 0.3 is 5.97 Å². The van der Waals surface area contributed by atoms with Crippen molar-refractivity contribution in [3.05, 3.63) is 46.3 Å². The fraction of sp³-hybridized carbons (Fsp3) is 0.450. The van der Waals surface area contributed by atoms with Gasteiger partial charge in [0, 0.05) is 6.42 Å². The second kappa shape index (κ2) is 8.08. The van der Waals surface area contributed by atoms with Crippen LogP contribution in [0.1, 0.15) is 42.1 Å². The molecule has 2 aromatic heterocycles. The number of thiazole rings is 1. The first-order chi connectivity index (χ1) is 14.0. The summed E-state index contributed by atoms with van der Waals surface area (Å²) < 4.78 is 20.3. The Morgan fingerprint density at radius 2 is 2.17 bits per heavy atom. The van der Waals surface area contributed by atoms with Crippen LogP contribution in [0, 0.1) is 11.7 Å². The topological polar surface area (TPSA) is 80.0 Å². The average molecular weight is 418 g/mol. The first-order valence-corrected chi connectivity index (χ1v) is 10.5. The van der Waals surface area contributed by atoms with Crippen molar-refractivity contribution in [1.82, 2.24) is 19.5 Å². The first-order valence-electron chi connectivity index (χ1n) is 9.66. The fourth-order valence-corrected chi connectivity index (χ4v) is 5.02. The number of esters is 1. The summed E-state index contributed by atoms with van der Waals surface area (Å²) in [6.45, 7) is 3.22. The van der Waals surface area contributed by atoms with Gasteiger partial charge in [0.25, 0.3) is 0 Å². The molecule has 3 heterocycles. The van der Waals surface area contributed by atoms with Crippen molar-refractivity contribution in [3.8, 4) is 5.88 Å². The minimum atomic E-state index is -0.345. The maximum Gasteiger partial charge on any atom is 0.308 e. The minimum Gasteiger partial charge on any atom is -0.492 e. The Morgan fingerprint density at radius 1 is 1.41 bits per heavy atom. The number of carbonyl (C=O) groups is 1. The number of aromatic nitrogens is 3. The van der Waals surface area contributed by atoms with E-state index in [4.69, 9.17) is 4.74 Å². The molecule has 9 heteroatoms. The molecule has 3 aromatic rings. The van der Waals surface area contributed by atoms with E-state index in [0.717, 1.165) is 5.56 Å². The fourth-order valence-electron chi connectivity index (χ4n) is 3.88. The van der Waals surface area contributed by atoms with Gasteiger partial charge in [0.15, 0.2) is 5.82 Å². The summed E-state index contributed by atoms with van der Waals surface area (Å²) in [6.07, 6.45) is 1.98. The highest BCUT2D eigenvalue weighted by Crippen LogP contribution is 2.41. The van der Waals surface area contributed by atoms with Crippen molar-refractivity contribution in [2.75, 3.05) is 20.2 Å². The third kappa shape index (κ3) is 3.72. The highest BCUT2D eigenvalue weighted by atomic mass is 32.1. The third-order valence-corrected chi connectivity index (χ3v) is 6.47. The number of fused-ring (bicyclic) bond motifs is 1. The molecule has 1 saturated heterocycles. The number of rotatable bonds is 5. The molecule has 7 nitrogen and oxygen atoms in total.